The highest BCUT2D eigenvalue weighted by Gasteiger charge is 2.38. The Bertz CT molecular complexity index is 1160. The minimum atomic E-state index is -4.83. The molecular formula is C21H21F3N8O3. The molecule has 0 spiro atoms. The monoisotopic (exact) mass is 490 g/mol. The molecule has 2 aromatic rings. The molecule has 1 unspecified atom stereocenters. The maximum absolute atomic E-state index is 12.8. The van der Waals surface area contributed by atoms with Crippen molar-refractivity contribution in [1.29, 1.82) is 5.26 Å². The Hall–Kier alpha value is -4.02. The van der Waals surface area contributed by atoms with Crippen LogP contribution in [0.3, 0.4) is 0 Å². The zero-order valence-corrected chi connectivity index (χ0v) is 18.3. The van der Waals surface area contributed by atoms with Crippen LogP contribution in [0.2, 0.25) is 0 Å². The summed E-state index contributed by atoms with van der Waals surface area (Å²) in [6.45, 7) is 0.774. The number of carbonyl (C=O) groups is 1. The van der Waals surface area contributed by atoms with Gasteiger partial charge in [-0.25, -0.2) is 0 Å². The van der Waals surface area contributed by atoms with E-state index in [0.29, 0.717) is 25.1 Å². The Kier molecular flexibility index (Phi) is 5.83. The Morgan fingerprint density at radius 2 is 2.20 bits per heavy atom. The average Bonchev–Trinajstić information content (AvgIpc) is 3.18. The van der Waals surface area contributed by atoms with Crippen molar-refractivity contribution in [2.24, 2.45) is 5.10 Å². The smallest absolute Gasteiger partial charge is 0.441 e. The second-order valence-electron chi connectivity index (χ2n) is 8.59. The van der Waals surface area contributed by atoms with Crippen molar-refractivity contribution in [3.8, 4) is 11.9 Å². The van der Waals surface area contributed by atoms with Crippen molar-refractivity contribution in [2.75, 3.05) is 6.54 Å². The third kappa shape index (κ3) is 5.23. The predicted octanol–water partition coefficient (Wildman–Crippen LogP) is 1.40. The summed E-state index contributed by atoms with van der Waals surface area (Å²) in [5.74, 6) is -0.670. The third-order valence-corrected chi connectivity index (χ3v) is 6.02. The highest BCUT2D eigenvalue weighted by atomic mass is 19.4. The van der Waals surface area contributed by atoms with E-state index in [1.165, 1.54) is 12.1 Å². The second kappa shape index (κ2) is 8.97. The van der Waals surface area contributed by atoms with Gasteiger partial charge in [-0.05, 0) is 42.9 Å². The van der Waals surface area contributed by atoms with Gasteiger partial charge in [0.15, 0.2) is 6.19 Å². The molecular weight excluding hydrogens is 469 g/mol. The molecule has 0 radical (unpaired) electrons. The molecule has 2 fully saturated rings. The molecule has 1 aromatic carbocycles. The number of ether oxygens (including phenoxy) is 2. The number of nitrogens with zero attached hydrogens (tertiary/aromatic N) is 6. The van der Waals surface area contributed by atoms with Gasteiger partial charge in [-0.3, -0.25) is 14.9 Å². The van der Waals surface area contributed by atoms with Crippen LogP contribution in [0.5, 0.6) is 5.75 Å². The number of nitrogens with one attached hydrogen (secondary N) is 2. The van der Waals surface area contributed by atoms with E-state index in [0.717, 1.165) is 18.4 Å². The maximum atomic E-state index is 12.8. The Labute approximate surface area is 197 Å². The molecule has 1 aromatic heterocycles. The zero-order chi connectivity index (χ0) is 24.6. The summed E-state index contributed by atoms with van der Waals surface area (Å²) in [5, 5.41) is 24.0. The SMILES string of the molecule is N#CN1C[C@H](NC(=O)C2NN=C(c3cc(OC(F)(F)F)ccc3C3CC3)O2)C[C@H]1Cn1ccnn1. The van der Waals surface area contributed by atoms with Crippen LogP contribution in [0.1, 0.15) is 36.3 Å². The van der Waals surface area contributed by atoms with Gasteiger partial charge in [0.05, 0.1) is 18.8 Å². The van der Waals surface area contributed by atoms with Crippen molar-refractivity contribution in [3.63, 3.8) is 0 Å². The standard InChI is InChI=1S/C21H21F3N8O3/c22-21(23,24)35-15-3-4-16(12-1-2-12)17(8-15)19-28-29-20(34-19)18(33)27-13-7-14(31(9-13)11-25)10-32-6-5-26-30-32/h3-6,8,12-14,20,29H,1-2,7,9-10H2,(H,27,33)/t13-,14+,20?/m1/s1. The summed E-state index contributed by atoms with van der Waals surface area (Å²) in [5.41, 5.74) is 3.73. The molecule has 1 saturated heterocycles. The number of rotatable bonds is 7. The molecule has 1 saturated carbocycles. The molecule has 2 aliphatic heterocycles. The van der Waals surface area contributed by atoms with Gasteiger partial charge in [0.2, 0.25) is 5.90 Å². The number of hydrogen-bond donors (Lipinski definition) is 2. The fraction of sp³-hybridized carbons (Fsp3) is 0.476. The van der Waals surface area contributed by atoms with Crippen LogP contribution in [-0.4, -0.2) is 62.9 Å². The van der Waals surface area contributed by atoms with Crippen molar-refractivity contribution in [2.45, 2.75) is 56.4 Å². The number of halogens is 3. The van der Waals surface area contributed by atoms with E-state index >= 15 is 0 Å². The predicted molar refractivity (Wildman–Crippen MR) is 112 cm³/mol. The molecule has 3 heterocycles. The first-order valence-corrected chi connectivity index (χ1v) is 11.0. The van der Waals surface area contributed by atoms with Gasteiger partial charge in [0.1, 0.15) is 5.75 Å². The van der Waals surface area contributed by atoms with Gasteiger partial charge in [-0.15, -0.1) is 23.4 Å². The molecule has 3 atom stereocenters. The molecule has 2 N–H and O–H groups in total. The van der Waals surface area contributed by atoms with Gasteiger partial charge >= 0.3 is 6.36 Å². The number of alkyl halides is 3. The lowest BCUT2D eigenvalue weighted by atomic mass is 10.0. The van der Waals surface area contributed by atoms with Crippen molar-refractivity contribution in [1.82, 2.24) is 30.6 Å². The Morgan fingerprint density at radius 1 is 1.37 bits per heavy atom. The van der Waals surface area contributed by atoms with E-state index in [4.69, 9.17) is 4.74 Å². The van der Waals surface area contributed by atoms with Crippen LogP contribution >= 0.6 is 0 Å². The van der Waals surface area contributed by atoms with Gasteiger partial charge in [0.25, 0.3) is 12.1 Å². The first-order valence-electron chi connectivity index (χ1n) is 11.0. The van der Waals surface area contributed by atoms with Crippen LogP contribution in [-0.2, 0) is 16.1 Å². The number of hydrogen-bond acceptors (Lipinski definition) is 9. The Morgan fingerprint density at radius 3 is 2.89 bits per heavy atom. The summed E-state index contributed by atoms with van der Waals surface area (Å²) in [7, 11) is 0. The summed E-state index contributed by atoms with van der Waals surface area (Å²) >= 11 is 0. The summed E-state index contributed by atoms with van der Waals surface area (Å²) < 4.78 is 49.4. The number of likely N-dealkylation sites (tertiary alicyclic amines) is 1. The number of nitriles is 1. The molecule has 184 valence electrons. The molecule has 1 amide bonds. The fourth-order valence-corrected chi connectivity index (χ4v) is 4.33. The molecule has 3 aliphatic rings. The van der Waals surface area contributed by atoms with E-state index in [-0.39, 0.29) is 23.9 Å². The van der Waals surface area contributed by atoms with E-state index in [1.54, 1.807) is 28.0 Å². The van der Waals surface area contributed by atoms with Crippen LogP contribution in [0.4, 0.5) is 13.2 Å². The van der Waals surface area contributed by atoms with Crippen LogP contribution in [0.15, 0.2) is 35.7 Å². The quantitative estimate of drug-likeness (QED) is 0.558. The highest BCUT2D eigenvalue weighted by Crippen LogP contribution is 2.43. The lowest BCUT2D eigenvalue weighted by Crippen LogP contribution is -2.46. The van der Waals surface area contributed by atoms with E-state index < -0.39 is 24.2 Å². The first kappa shape index (κ1) is 22.8. The molecule has 11 nitrogen and oxygen atoms in total. The molecule has 5 rings (SSSR count). The Balaban J connectivity index is 1.22. The highest BCUT2D eigenvalue weighted by molar-refractivity contribution is 5.99. The van der Waals surface area contributed by atoms with Gasteiger partial charge in [-0.1, -0.05) is 11.3 Å². The van der Waals surface area contributed by atoms with Crippen molar-refractivity contribution >= 4 is 11.8 Å². The normalized spacial score (nSPS) is 23.8. The number of aromatic nitrogens is 3. The van der Waals surface area contributed by atoms with E-state index in [1.807, 2.05) is 0 Å². The van der Waals surface area contributed by atoms with E-state index in [2.05, 4.69) is 37.1 Å². The lowest BCUT2D eigenvalue weighted by Gasteiger charge is -2.17. The number of amides is 1. The van der Waals surface area contributed by atoms with Crippen LogP contribution in [0.25, 0.3) is 0 Å². The van der Waals surface area contributed by atoms with Gasteiger partial charge in [0, 0.05) is 24.3 Å². The van der Waals surface area contributed by atoms with Crippen molar-refractivity contribution in [3.05, 3.63) is 41.7 Å². The fourth-order valence-electron chi connectivity index (χ4n) is 4.33. The largest absolute Gasteiger partial charge is 0.573 e. The number of carbonyl (C=O) groups excluding carboxylic acids is 1. The molecule has 1 aliphatic carbocycles. The summed E-state index contributed by atoms with van der Waals surface area (Å²) in [6, 6.07) is 3.58. The average molecular weight is 490 g/mol. The van der Waals surface area contributed by atoms with Gasteiger partial charge < -0.3 is 19.7 Å². The van der Waals surface area contributed by atoms with Crippen LogP contribution < -0.4 is 15.5 Å². The number of hydrazone groups is 1. The summed E-state index contributed by atoms with van der Waals surface area (Å²) in [4.78, 5) is 14.4. The van der Waals surface area contributed by atoms with Gasteiger partial charge in [-0.2, -0.15) is 5.26 Å². The molecule has 0 bridgehead atoms. The zero-order valence-electron chi connectivity index (χ0n) is 18.3. The number of benzene rings is 1. The van der Waals surface area contributed by atoms with Crippen molar-refractivity contribution < 1.29 is 27.4 Å². The topological polar surface area (TPSA) is 130 Å². The minimum absolute atomic E-state index is 0.0220. The second-order valence-corrected chi connectivity index (χ2v) is 8.59. The summed E-state index contributed by atoms with van der Waals surface area (Å²) in [6.07, 6.45) is 1.71. The lowest BCUT2D eigenvalue weighted by molar-refractivity contribution is -0.274. The van der Waals surface area contributed by atoms with Crippen LogP contribution in [0, 0.1) is 11.5 Å². The first-order chi connectivity index (χ1) is 16.8. The maximum Gasteiger partial charge on any atom is 0.573 e. The van der Waals surface area contributed by atoms with E-state index in [9.17, 15) is 23.2 Å². The minimum Gasteiger partial charge on any atom is -0.441 e. The molecule has 14 heteroatoms. The third-order valence-electron chi connectivity index (χ3n) is 6.02. The molecule has 35 heavy (non-hydrogen) atoms.